The van der Waals surface area contributed by atoms with E-state index >= 15 is 0 Å². The summed E-state index contributed by atoms with van der Waals surface area (Å²) in [5.41, 5.74) is 11.0. The number of hydrogen-bond donors (Lipinski definition) is 0. The van der Waals surface area contributed by atoms with Crippen LogP contribution in [-0.2, 0) is 0 Å². The van der Waals surface area contributed by atoms with Gasteiger partial charge in [0, 0.05) is 27.5 Å². The molecule has 0 unspecified atom stereocenters. The number of nitrogens with zero attached hydrogens (tertiary/aromatic N) is 2. The zero-order valence-corrected chi connectivity index (χ0v) is 26.6. The van der Waals surface area contributed by atoms with E-state index in [1.807, 2.05) is 54.6 Å². The van der Waals surface area contributed by atoms with Gasteiger partial charge < -0.3 is 4.42 Å². The molecule has 0 aliphatic carbocycles. The molecule has 230 valence electrons. The van der Waals surface area contributed by atoms with Gasteiger partial charge in [0.15, 0.2) is 5.84 Å². The van der Waals surface area contributed by atoms with Gasteiger partial charge in [-0.3, -0.25) is 0 Å². The normalized spacial score (nSPS) is 13.2. The molecule has 8 aromatic rings. The van der Waals surface area contributed by atoms with Crippen molar-refractivity contribution in [1.82, 2.24) is 0 Å². The Balaban J connectivity index is 1.14. The maximum absolute atomic E-state index is 6.53. The van der Waals surface area contributed by atoms with E-state index in [1.165, 1.54) is 21.9 Å². The summed E-state index contributed by atoms with van der Waals surface area (Å²) in [6.07, 6.45) is 6.13. The van der Waals surface area contributed by atoms with Gasteiger partial charge in [-0.05, 0) is 63.4 Å². The Hall–Kier alpha value is -6.58. The van der Waals surface area contributed by atoms with Crippen LogP contribution in [-0.4, -0.2) is 11.5 Å². The van der Waals surface area contributed by atoms with E-state index in [4.69, 9.17) is 14.4 Å². The molecule has 0 radical (unpaired) electrons. The molecule has 0 amide bonds. The van der Waals surface area contributed by atoms with Gasteiger partial charge in [0.2, 0.25) is 0 Å². The van der Waals surface area contributed by atoms with E-state index in [1.54, 1.807) is 0 Å². The zero-order chi connectivity index (χ0) is 32.6. The average Bonchev–Trinajstić information content (AvgIpc) is 3.54. The molecular formula is C46H30N2O. The van der Waals surface area contributed by atoms with Gasteiger partial charge in [0.25, 0.3) is 0 Å². The summed E-state index contributed by atoms with van der Waals surface area (Å²) in [5, 5.41) is 4.54. The molecule has 0 N–H and O–H groups in total. The van der Waals surface area contributed by atoms with Gasteiger partial charge in [0.05, 0.1) is 11.4 Å². The zero-order valence-electron chi connectivity index (χ0n) is 26.6. The first-order chi connectivity index (χ1) is 24.3. The lowest BCUT2D eigenvalue weighted by Crippen LogP contribution is -2.07. The third-order valence-electron chi connectivity index (χ3n) is 9.16. The molecule has 1 aliphatic rings. The summed E-state index contributed by atoms with van der Waals surface area (Å²) < 4.78 is 6.53. The van der Waals surface area contributed by atoms with Crippen LogP contribution in [0.3, 0.4) is 0 Å². The summed E-state index contributed by atoms with van der Waals surface area (Å²) in [7, 11) is 0. The molecule has 1 aliphatic heterocycles. The smallest absolute Gasteiger partial charge is 0.161 e. The van der Waals surface area contributed by atoms with Crippen LogP contribution in [0.25, 0.3) is 60.7 Å². The largest absolute Gasteiger partial charge is 0.456 e. The second-order valence-corrected chi connectivity index (χ2v) is 12.2. The Kier molecular flexibility index (Phi) is 7.14. The molecule has 0 spiro atoms. The number of hydrogen-bond acceptors (Lipinski definition) is 3. The van der Waals surface area contributed by atoms with Crippen molar-refractivity contribution in [1.29, 1.82) is 0 Å². The quantitative estimate of drug-likeness (QED) is 0.187. The molecule has 3 heteroatoms. The number of benzene rings is 7. The van der Waals surface area contributed by atoms with E-state index in [0.29, 0.717) is 5.84 Å². The van der Waals surface area contributed by atoms with Crippen molar-refractivity contribution in [2.45, 2.75) is 0 Å². The second-order valence-electron chi connectivity index (χ2n) is 12.2. The van der Waals surface area contributed by atoms with Crippen LogP contribution >= 0.6 is 0 Å². The van der Waals surface area contributed by atoms with Crippen LogP contribution in [0.1, 0.15) is 16.7 Å². The molecule has 2 heterocycles. The standard InChI is InChI=1S/C46H30N2O/c1-3-13-34(14-4-1)41-21-11-22-42(35-15-5-2-6-16-35)48-46(47-41)40-20-10-23-43-45(40)39-29-28-36(30-44(39)49-43)31-24-26-33(27-25-31)38-19-9-17-32-12-7-8-18-37(32)38/h1-30H. The summed E-state index contributed by atoms with van der Waals surface area (Å²) in [5.74, 6) is 0.639. The maximum atomic E-state index is 6.53. The van der Waals surface area contributed by atoms with Gasteiger partial charge in [-0.1, -0.05) is 152 Å². The van der Waals surface area contributed by atoms with Crippen molar-refractivity contribution >= 4 is 50.0 Å². The predicted octanol–water partition coefficient (Wildman–Crippen LogP) is 11.9. The molecular weight excluding hydrogens is 597 g/mol. The molecule has 1 aromatic heterocycles. The van der Waals surface area contributed by atoms with Crippen LogP contribution in [0.4, 0.5) is 0 Å². The van der Waals surface area contributed by atoms with Gasteiger partial charge in [-0.2, -0.15) is 0 Å². The first kappa shape index (κ1) is 28.6. The topological polar surface area (TPSA) is 37.9 Å². The fourth-order valence-corrected chi connectivity index (χ4v) is 6.73. The first-order valence-corrected chi connectivity index (χ1v) is 16.5. The summed E-state index contributed by atoms with van der Waals surface area (Å²) in [6, 6.07) is 56.9. The summed E-state index contributed by atoms with van der Waals surface area (Å²) in [6.45, 7) is 0. The van der Waals surface area contributed by atoms with Gasteiger partial charge in [-0.15, -0.1) is 0 Å². The van der Waals surface area contributed by atoms with Crippen molar-refractivity contribution in [3.8, 4) is 22.3 Å². The number of rotatable bonds is 5. The first-order valence-electron chi connectivity index (χ1n) is 16.5. The monoisotopic (exact) mass is 626 g/mol. The summed E-state index contributed by atoms with van der Waals surface area (Å²) >= 11 is 0. The minimum atomic E-state index is 0.639. The molecule has 3 nitrogen and oxygen atoms in total. The van der Waals surface area contributed by atoms with Crippen LogP contribution in [0.2, 0.25) is 0 Å². The highest BCUT2D eigenvalue weighted by Gasteiger charge is 2.18. The Bertz CT molecular complexity index is 2580. The van der Waals surface area contributed by atoms with Gasteiger partial charge >= 0.3 is 0 Å². The lowest BCUT2D eigenvalue weighted by Gasteiger charge is -2.11. The third-order valence-corrected chi connectivity index (χ3v) is 9.16. The lowest BCUT2D eigenvalue weighted by molar-refractivity contribution is 0.669. The number of allylic oxidation sites excluding steroid dienone is 3. The highest BCUT2D eigenvalue weighted by molar-refractivity contribution is 6.24. The molecule has 0 saturated heterocycles. The van der Waals surface area contributed by atoms with E-state index in [2.05, 4.69) is 127 Å². The molecule has 0 fully saturated rings. The number of aliphatic imine (C=N–C) groups is 2. The van der Waals surface area contributed by atoms with Crippen molar-refractivity contribution in [2.24, 2.45) is 9.98 Å². The Morgan fingerprint density at radius 2 is 1.10 bits per heavy atom. The highest BCUT2D eigenvalue weighted by atomic mass is 16.3. The van der Waals surface area contributed by atoms with Gasteiger partial charge in [0.1, 0.15) is 11.2 Å². The number of amidine groups is 1. The van der Waals surface area contributed by atoms with E-state index in [-0.39, 0.29) is 0 Å². The van der Waals surface area contributed by atoms with Crippen LogP contribution < -0.4 is 0 Å². The Labute approximate surface area is 284 Å². The minimum absolute atomic E-state index is 0.639. The van der Waals surface area contributed by atoms with Crippen LogP contribution in [0.15, 0.2) is 196 Å². The van der Waals surface area contributed by atoms with E-state index in [0.717, 1.165) is 61.2 Å². The fraction of sp³-hybridized carbons (Fsp3) is 0. The lowest BCUT2D eigenvalue weighted by atomic mass is 9.96. The highest BCUT2D eigenvalue weighted by Crippen LogP contribution is 2.36. The fourth-order valence-electron chi connectivity index (χ4n) is 6.73. The van der Waals surface area contributed by atoms with Crippen molar-refractivity contribution in [3.63, 3.8) is 0 Å². The van der Waals surface area contributed by atoms with E-state index in [9.17, 15) is 0 Å². The number of furan rings is 1. The molecule has 9 rings (SSSR count). The number of fused-ring (bicyclic) bond motifs is 4. The maximum Gasteiger partial charge on any atom is 0.161 e. The molecule has 0 bridgehead atoms. The molecule has 0 saturated carbocycles. The summed E-state index contributed by atoms with van der Waals surface area (Å²) in [4.78, 5) is 10.4. The van der Waals surface area contributed by atoms with Crippen molar-refractivity contribution < 1.29 is 4.42 Å². The second kappa shape index (κ2) is 12.2. The Morgan fingerprint density at radius 3 is 1.94 bits per heavy atom. The average molecular weight is 627 g/mol. The van der Waals surface area contributed by atoms with Crippen LogP contribution in [0.5, 0.6) is 0 Å². The molecule has 7 aromatic carbocycles. The SMILES string of the molecule is C1=CC(c2ccccc2)=NC(c2cccc3oc4cc(-c5ccc(-c6cccc7ccccc67)cc5)ccc4c23)=NC(c2ccccc2)=C1. The van der Waals surface area contributed by atoms with Crippen molar-refractivity contribution in [3.05, 3.63) is 199 Å². The Morgan fingerprint density at radius 1 is 0.429 bits per heavy atom. The van der Waals surface area contributed by atoms with E-state index < -0.39 is 0 Å². The van der Waals surface area contributed by atoms with Gasteiger partial charge in [-0.25, -0.2) is 9.98 Å². The van der Waals surface area contributed by atoms with Crippen molar-refractivity contribution in [2.75, 3.05) is 0 Å². The van der Waals surface area contributed by atoms with Crippen LogP contribution in [0, 0.1) is 0 Å². The third kappa shape index (κ3) is 5.38. The molecule has 0 atom stereocenters. The molecule has 49 heavy (non-hydrogen) atoms. The minimum Gasteiger partial charge on any atom is -0.456 e. The predicted molar refractivity (Wildman–Crippen MR) is 205 cm³/mol.